The summed E-state index contributed by atoms with van der Waals surface area (Å²) in [7, 11) is 0. The van der Waals surface area contributed by atoms with E-state index in [4.69, 9.17) is 5.73 Å². The molecule has 0 aliphatic carbocycles. The summed E-state index contributed by atoms with van der Waals surface area (Å²) in [5.41, 5.74) is 4.82. The first-order valence-electron chi connectivity index (χ1n) is 3.41. The maximum Gasteiger partial charge on any atom is 0.348 e. The van der Waals surface area contributed by atoms with Crippen molar-refractivity contribution in [1.29, 1.82) is 0 Å². The molecule has 0 aliphatic heterocycles. The SMILES string of the molecule is NC(=O)COC(=O)c1cc(Br)c(Br)s1. The van der Waals surface area contributed by atoms with E-state index in [9.17, 15) is 9.59 Å². The van der Waals surface area contributed by atoms with Crippen molar-refractivity contribution in [2.45, 2.75) is 0 Å². The molecule has 0 atom stereocenters. The molecule has 7 heteroatoms. The van der Waals surface area contributed by atoms with Crippen LogP contribution in [0.5, 0.6) is 0 Å². The molecular formula is C7H5Br2NO3S. The van der Waals surface area contributed by atoms with Crippen LogP contribution in [0.25, 0.3) is 0 Å². The lowest BCUT2D eigenvalue weighted by atomic mass is 10.5. The highest BCUT2D eigenvalue weighted by molar-refractivity contribution is 9.13. The van der Waals surface area contributed by atoms with Gasteiger partial charge in [0, 0.05) is 4.47 Å². The van der Waals surface area contributed by atoms with Gasteiger partial charge in [-0.2, -0.15) is 0 Å². The van der Waals surface area contributed by atoms with Crippen LogP contribution < -0.4 is 5.73 Å². The van der Waals surface area contributed by atoms with E-state index in [1.807, 2.05) is 0 Å². The fourth-order valence-corrected chi connectivity index (χ4v) is 2.58. The van der Waals surface area contributed by atoms with Gasteiger partial charge in [0.25, 0.3) is 5.91 Å². The van der Waals surface area contributed by atoms with Crippen LogP contribution in [-0.2, 0) is 9.53 Å². The maximum absolute atomic E-state index is 11.3. The molecule has 0 aromatic carbocycles. The van der Waals surface area contributed by atoms with Crippen molar-refractivity contribution >= 4 is 55.1 Å². The molecule has 1 aromatic rings. The zero-order chi connectivity index (χ0) is 10.7. The van der Waals surface area contributed by atoms with E-state index < -0.39 is 18.5 Å². The number of carbonyl (C=O) groups is 2. The van der Waals surface area contributed by atoms with Gasteiger partial charge in [0.1, 0.15) is 4.88 Å². The smallest absolute Gasteiger partial charge is 0.348 e. The van der Waals surface area contributed by atoms with Gasteiger partial charge in [-0.05, 0) is 37.9 Å². The van der Waals surface area contributed by atoms with Gasteiger partial charge in [0.15, 0.2) is 6.61 Å². The van der Waals surface area contributed by atoms with Gasteiger partial charge in [0.05, 0.1) is 3.79 Å². The van der Waals surface area contributed by atoms with Crippen LogP contribution in [0.2, 0.25) is 0 Å². The fourth-order valence-electron chi connectivity index (χ4n) is 0.655. The third-order valence-corrected chi connectivity index (χ3v) is 4.43. The Morgan fingerprint density at radius 2 is 2.14 bits per heavy atom. The second kappa shape index (κ2) is 4.90. The van der Waals surface area contributed by atoms with Gasteiger partial charge in [0.2, 0.25) is 0 Å². The highest BCUT2D eigenvalue weighted by Crippen LogP contribution is 2.32. The van der Waals surface area contributed by atoms with Gasteiger partial charge in [-0.3, -0.25) is 4.79 Å². The number of halogens is 2. The quantitative estimate of drug-likeness (QED) is 0.853. The molecule has 2 N–H and O–H groups in total. The zero-order valence-corrected chi connectivity index (χ0v) is 10.7. The van der Waals surface area contributed by atoms with Crippen LogP contribution in [0.4, 0.5) is 0 Å². The van der Waals surface area contributed by atoms with Crippen molar-refractivity contribution in [2.75, 3.05) is 6.61 Å². The Bertz CT molecular complexity index is 358. The van der Waals surface area contributed by atoms with Gasteiger partial charge < -0.3 is 10.5 Å². The first-order valence-corrected chi connectivity index (χ1v) is 5.81. The molecule has 1 amide bonds. The van der Waals surface area contributed by atoms with E-state index in [1.54, 1.807) is 6.07 Å². The Morgan fingerprint density at radius 1 is 1.50 bits per heavy atom. The predicted molar refractivity (Wildman–Crippen MR) is 59.2 cm³/mol. The van der Waals surface area contributed by atoms with Crippen molar-refractivity contribution < 1.29 is 14.3 Å². The Morgan fingerprint density at radius 3 is 2.57 bits per heavy atom. The number of hydrogen-bond acceptors (Lipinski definition) is 4. The Hall–Kier alpha value is -0.400. The molecule has 0 unspecified atom stereocenters. The topological polar surface area (TPSA) is 69.4 Å². The highest BCUT2D eigenvalue weighted by Gasteiger charge is 2.13. The molecule has 1 heterocycles. The standard InChI is InChI=1S/C7H5Br2NO3S/c8-3-1-4(14-6(3)9)7(12)13-2-5(10)11/h1H,2H2,(H2,10,11). The average molecular weight is 343 g/mol. The molecule has 4 nitrogen and oxygen atoms in total. The van der Waals surface area contributed by atoms with Crippen LogP contribution in [0.15, 0.2) is 14.3 Å². The molecule has 0 aliphatic rings. The molecule has 0 fully saturated rings. The third-order valence-electron chi connectivity index (χ3n) is 1.19. The summed E-state index contributed by atoms with van der Waals surface area (Å²) in [6, 6.07) is 1.61. The van der Waals surface area contributed by atoms with Crippen LogP contribution in [0.1, 0.15) is 9.67 Å². The first-order chi connectivity index (χ1) is 6.50. The predicted octanol–water partition coefficient (Wildman–Crippen LogP) is 1.92. The molecule has 0 saturated heterocycles. The molecular weight excluding hydrogens is 338 g/mol. The van der Waals surface area contributed by atoms with Crippen molar-refractivity contribution in [3.63, 3.8) is 0 Å². The van der Waals surface area contributed by atoms with Crippen molar-refractivity contribution in [3.8, 4) is 0 Å². The number of primary amides is 1. The van der Waals surface area contributed by atoms with E-state index in [0.717, 1.165) is 8.26 Å². The third kappa shape index (κ3) is 3.07. The Kier molecular flexibility index (Phi) is 4.09. The summed E-state index contributed by atoms with van der Waals surface area (Å²) < 4.78 is 6.18. The summed E-state index contributed by atoms with van der Waals surface area (Å²) in [4.78, 5) is 22.0. The fraction of sp³-hybridized carbons (Fsp3) is 0.143. The van der Waals surface area contributed by atoms with Crippen LogP contribution in [-0.4, -0.2) is 18.5 Å². The number of carbonyl (C=O) groups excluding carboxylic acids is 2. The van der Waals surface area contributed by atoms with Crippen molar-refractivity contribution in [2.24, 2.45) is 5.73 Å². The van der Waals surface area contributed by atoms with E-state index >= 15 is 0 Å². The highest BCUT2D eigenvalue weighted by atomic mass is 79.9. The first kappa shape index (κ1) is 11.7. The number of thiophene rings is 1. The van der Waals surface area contributed by atoms with Crippen molar-refractivity contribution in [1.82, 2.24) is 0 Å². The number of amides is 1. The largest absolute Gasteiger partial charge is 0.451 e. The molecule has 14 heavy (non-hydrogen) atoms. The second-order valence-electron chi connectivity index (χ2n) is 2.27. The lowest BCUT2D eigenvalue weighted by Crippen LogP contribution is -2.20. The second-order valence-corrected chi connectivity index (χ2v) is 5.50. The lowest BCUT2D eigenvalue weighted by molar-refractivity contribution is -0.121. The van der Waals surface area contributed by atoms with Gasteiger partial charge in [-0.1, -0.05) is 0 Å². The molecule has 0 saturated carbocycles. The van der Waals surface area contributed by atoms with Gasteiger partial charge >= 0.3 is 5.97 Å². The molecule has 0 radical (unpaired) electrons. The monoisotopic (exact) mass is 341 g/mol. The minimum Gasteiger partial charge on any atom is -0.451 e. The number of rotatable bonds is 3. The number of ether oxygens (including phenoxy) is 1. The molecule has 0 spiro atoms. The normalized spacial score (nSPS) is 9.86. The maximum atomic E-state index is 11.3. The van der Waals surface area contributed by atoms with E-state index in [-0.39, 0.29) is 0 Å². The van der Waals surface area contributed by atoms with Crippen LogP contribution in [0.3, 0.4) is 0 Å². The summed E-state index contributed by atoms with van der Waals surface area (Å²) >= 11 is 7.68. The summed E-state index contributed by atoms with van der Waals surface area (Å²) in [6.45, 7) is -0.397. The van der Waals surface area contributed by atoms with E-state index in [2.05, 4.69) is 36.6 Å². The van der Waals surface area contributed by atoms with Crippen LogP contribution >= 0.6 is 43.2 Å². The van der Waals surface area contributed by atoms with Crippen molar-refractivity contribution in [3.05, 3.63) is 19.2 Å². The summed E-state index contributed by atoms with van der Waals surface area (Å²) in [5, 5.41) is 0. The zero-order valence-electron chi connectivity index (χ0n) is 6.75. The average Bonchev–Trinajstić information content (AvgIpc) is 2.43. The lowest BCUT2D eigenvalue weighted by Gasteiger charge is -1.97. The minimum atomic E-state index is -0.673. The molecule has 1 aromatic heterocycles. The molecule has 0 bridgehead atoms. The number of esters is 1. The Balaban J connectivity index is 2.65. The molecule has 1 rings (SSSR count). The van der Waals surface area contributed by atoms with Crippen LogP contribution in [0, 0.1) is 0 Å². The molecule has 76 valence electrons. The van der Waals surface area contributed by atoms with Gasteiger partial charge in [-0.25, -0.2) is 4.79 Å². The number of nitrogens with two attached hydrogens (primary N) is 1. The Labute approximate surface area is 101 Å². The summed E-state index contributed by atoms with van der Waals surface area (Å²) in [6.07, 6.45) is 0. The van der Waals surface area contributed by atoms with E-state index in [1.165, 1.54) is 11.3 Å². The minimum absolute atomic E-state index is 0.397. The number of hydrogen-bond donors (Lipinski definition) is 1. The summed E-state index contributed by atoms with van der Waals surface area (Å²) in [5.74, 6) is -1.23. The van der Waals surface area contributed by atoms with E-state index in [0.29, 0.717) is 4.88 Å². The van der Waals surface area contributed by atoms with Gasteiger partial charge in [-0.15, -0.1) is 11.3 Å².